The molecule has 0 aliphatic heterocycles. The van der Waals surface area contributed by atoms with Crippen LogP contribution in [0.25, 0.3) is 0 Å². The van der Waals surface area contributed by atoms with Gasteiger partial charge in [-0.1, -0.05) is 37.8 Å². The second-order valence-electron chi connectivity index (χ2n) is 6.47. The first kappa shape index (κ1) is 14.9. The number of hydrogen-bond acceptors (Lipinski definition) is 3. The van der Waals surface area contributed by atoms with Crippen molar-refractivity contribution in [3.05, 3.63) is 29.8 Å². The maximum atomic E-state index is 10.8. The van der Waals surface area contributed by atoms with Crippen LogP contribution in [0.5, 0.6) is 5.75 Å². The third kappa shape index (κ3) is 3.41. The monoisotopic (exact) mass is 290 g/mol. The van der Waals surface area contributed by atoms with E-state index in [1.165, 1.54) is 12.8 Å². The molecular formula is C18H26O3. The second kappa shape index (κ2) is 6.37. The fourth-order valence-electron chi connectivity index (χ4n) is 3.33. The van der Waals surface area contributed by atoms with E-state index in [-0.39, 0.29) is 0 Å². The highest BCUT2D eigenvalue weighted by molar-refractivity contribution is 5.30. The Morgan fingerprint density at radius 2 is 1.67 bits per heavy atom. The zero-order valence-corrected chi connectivity index (χ0v) is 12.9. The van der Waals surface area contributed by atoms with Crippen LogP contribution in [-0.4, -0.2) is 23.9 Å². The van der Waals surface area contributed by atoms with E-state index >= 15 is 0 Å². The van der Waals surface area contributed by atoms with Crippen LogP contribution in [-0.2, 0) is 4.74 Å². The first-order valence-corrected chi connectivity index (χ1v) is 8.23. The normalized spacial score (nSPS) is 23.3. The highest BCUT2D eigenvalue weighted by atomic mass is 16.5. The van der Waals surface area contributed by atoms with Gasteiger partial charge in [-0.3, -0.25) is 0 Å². The number of aliphatic hydroxyl groups is 1. The van der Waals surface area contributed by atoms with Crippen LogP contribution in [0.15, 0.2) is 24.3 Å². The van der Waals surface area contributed by atoms with Gasteiger partial charge < -0.3 is 14.6 Å². The fourth-order valence-corrected chi connectivity index (χ4v) is 3.33. The molecular weight excluding hydrogens is 264 g/mol. The molecule has 116 valence electrons. The molecule has 3 rings (SSSR count). The summed E-state index contributed by atoms with van der Waals surface area (Å²) in [6.07, 6.45) is 8.80. The standard InChI is InChI=1S/C18H26O3/c1-20-18(12-4-2-3-5-13-18)17(19)14-6-8-15(9-7-14)21-16-10-11-16/h6-9,16-17,19H,2-5,10-13H2,1H3. The molecule has 2 aliphatic rings. The molecule has 2 saturated carbocycles. The Balaban J connectivity index is 1.73. The van der Waals surface area contributed by atoms with Crippen LogP contribution in [0, 0.1) is 0 Å². The topological polar surface area (TPSA) is 38.7 Å². The third-order valence-electron chi connectivity index (χ3n) is 4.88. The summed E-state index contributed by atoms with van der Waals surface area (Å²) in [7, 11) is 1.74. The highest BCUT2D eigenvalue weighted by Crippen LogP contribution is 2.40. The number of hydrogen-bond donors (Lipinski definition) is 1. The summed E-state index contributed by atoms with van der Waals surface area (Å²) in [6.45, 7) is 0. The molecule has 1 aromatic rings. The molecule has 0 spiro atoms. The highest BCUT2D eigenvalue weighted by Gasteiger charge is 2.39. The number of rotatable bonds is 5. The van der Waals surface area contributed by atoms with Gasteiger partial charge in [0.05, 0.1) is 11.7 Å². The quantitative estimate of drug-likeness (QED) is 0.833. The lowest BCUT2D eigenvalue weighted by Gasteiger charge is -2.36. The van der Waals surface area contributed by atoms with E-state index in [1.54, 1.807) is 7.11 Å². The Morgan fingerprint density at radius 3 is 2.19 bits per heavy atom. The Kier molecular flexibility index (Phi) is 4.51. The fraction of sp³-hybridized carbons (Fsp3) is 0.667. The predicted molar refractivity (Wildman–Crippen MR) is 82.5 cm³/mol. The van der Waals surface area contributed by atoms with Crippen molar-refractivity contribution in [2.45, 2.75) is 69.2 Å². The number of ether oxygens (including phenoxy) is 2. The maximum Gasteiger partial charge on any atom is 0.119 e. The minimum Gasteiger partial charge on any atom is -0.490 e. The summed E-state index contributed by atoms with van der Waals surface area (Å²) in [5.41, 5.74) is 0.511. The summed E-state index contributed by atoms with van der Waals surface area (Å²) in [6, 6.07) is 7.90. The zero-order chi connectivity index (χ0) is 14.7. The molecule has 1 unspecified atom stereocenters. The van der Waals surface area contributed by atoms with Crippen molar-refractivity contribution in [2.24, 2.45) is 0 Å². The molecule has 0 aromatic heterocycles. The van der Waals surface area contributed by atoms with Gasteiger partial charge in [0, 0.05) is 7.11 Å². The number of methoxy groups -OCH3 is 1. The van der Waals surface area contributed by atoms with E-state index in [0.29, 0.717) is 6.10 Å². The second-order valence-corrected chi connectivity index (χ2v) is 6.47. The first-order chi connectivity index (χ1) is 10.2. The van der Waals surface area contributed by atoms with E-state index in [1.807, 2.05) is 24.3 Å². The molecule has 1 aromatic carbocycles. The molecule has 0 radical (unpaired) electrons. The average molecular weight is 290 g/mol. The van der Waals surface area contributed by atoms with Gasteiger partial charge >= 0.3 is 0 Å². The molecule has 0 saturated heterocycles. The smallest absolute Gasteiger partial charge is 0.119 e. The Bertz CT molecular complexity index is 442. The first-order valence-electron chi connectivity index (χ1n) is 8.23. The molecule has 3 nitrogen and oxygen atoms in total. The van der Waals surface area contributed by atoms with E-state index in [2.05, 4.69) is 0 Å². The molecule has 21 heavy (non-hydrogen) atoms. The van der Waals surface area contributed by atoms with E-state index < -0.39 is 11.7 Å². The summed E-state index contributed by atoms with van der Waals surface area (Å²) >= 11 is 0. The van der Waals surface area contributed by atoms with Crippen molar-refractivity contribution in [1.82, 2.24) is 0 Å². The molecule has 1 N–H and O–H groups in total. The summed E-state index contributed by atoms with van der Waals surface area (Å²) in [5, 5.41) is 10.8. The largest absolute Gasteiger partial charge is 0.490 e. The zero-order valence-electron chi connectivity index (χ0n) is 12.9. The third-order valence-corrected chi connectivity index (χ3v) is 4.88. The van der Waals surface area contributed by atoms with Crippen LogP contribution in [0.1, 0.15) is 63.0 Å². The Hall–Kier alpha value is -1.06. The Labute approximate surface area is 127 Å². The molecule has 0 heterocycles. The minimum atomic E-state index is -0.560. The van der Waals surface area contributed by atoms with Gasteiger partial charge in [0.2, 0.25) is 0 Å². The van der Waals surface area contributed by atoms with Crippen molar-refractivity contribution >= 4 is 0 Å². The molecule has 3 heteroatoms. The lowest BCUT2D eigenvalue weighted by molar-refractivity contribution is -0.114. The van der Waals surface area contributed by atoms with Crippen molar-refractivity contribution in [3.63, 3.8) is 0 Å². The molecule has 2 fully saturated rings. The van der Waals surface area contributed by atoms with Gasteiger partial charge in [0.15, 0.2) is 0 Å². The van der Waals surface area contributed by atoms with Gasteiger partial charge in [-0.05, 0) is 43.4 Å². The van der Waals surface area contributed by atoms with Crippen LogP contribution >= 0.6 is 0 Å². The lowest BCUT2D eigenvalue weighted by Crippen LogP contribution is -2.38. The van der Waals surface area contributed by atoms with E-state index in [4.69, 9.17) is 9.47 Å². The van der Waals surface area contributed by atoms with Gasteiger partial charge in [-0.25, -0.2) is 0 Å². The van der Waals surface area contributed by atoms with Crippen LogP contribution < -0.4 is 4.74 Å². The maximum absolute atomic E-state index is 10.8. The van der Waals surface area contributed by atoms with Crippen molar-refractivity contribution < 1.29 is 14.6 Å². The Morgan fingerprint density at radius 1 is 1.05 bits per heavy atom. The van der Waals surface area contributed by atoms with Gasteiger partial charge in [0.1, 0.15) is 11.9 Å². The number of benzene rings is 1. The predicted octanol–water partition coefficient (Wildman–Crippen LogP) is 4.00. The van der Waals surface area contributed by atoms with Gasteiger partial charge in [-0.2, -0.15) is 0 Å². The van der Waals surface area contributed by atoms with Crippen LogP contribution in [0.2, 0.25) is 0 Å². The minimum absolute atomic E-state index is 0.410. The van der Waals surface area contributed by atoms with Gasteiger partial charge in [0.25, 0.3) is 0 Å². The van der Waals surface area contributed by atoms with Gasteiger partial charge in [-0.15, -0.1) is 0 Å². The summed E-state index contributed by atoms with van der Waals surface area (Å²) in [4.78, 5) is 0. The van der Waals surface area contributed by atoms with E-state index in [0.717, 1.165) is 49.8 Å². The van der Waals surface area contributed by atoms with Crippen molar-refractivity contribution in [3.8, 4) is 5.75 Å². The molecule has 0 bridgehead atoms. The van der Waals surface area contributed by atoms with Crippen LogP contribution in [0.4, 0.5) is 0 Å². The average Bonchev–Trinajstić information content (AvgIpc) is 3.34. The molecule has 1 atom stereocenters. The van der Waals surface area contributed by atoms with Crippen LogP contribution in [0.3, 0.4) is 0 Å². The van der Waals surface area contributed by atoms with E-state index in [9.17, 15) is 5.11 Å². The lowest BCUT2D eigenvalue weighted by atomic mass is 9.84. The molecule has 2 aliphatic carbocycles. The van der Waals surface area contributed by atoms with Crippen molar-refractivity contribution in [2.75, 3.05) is 7.11 Å². The molecule has 0 amide bonds. The van der Waals surface area contributed by atoms with Crippen molar-refractivity contribution in [1.29, 1.82) is 0 Å². The summed E-state index contributed by atoms with van der Waals surface area (Å²) < 4.78 is 11.6. The number of aliphatic hydroxyl groups excluding tert-OH is 1. The SMILES string of the molecule is COC1(C(O)c2ccc(OC3CC3)cc2)CCCCCC1. The summed E-state index contributed by atoms with van der Waals surface area (Å²) in [5.74, 6) is 0.904.